The minimum absolute atomic E-state index is 0.0275. The second-order valence-corrected chi connectivity index (χ2v) is 6.33. The molecule has 0 fully saturated rings. The summed E-state index contributed by atoms with van der Waals surface area (Å²) >= 11 is 0. The topological polar surface area (TPSA) is 66.4 Å². The molecular formula is C17H25NO3. The van der Waals surface area contributed by atoms with Gasteiger partial charge >= 0.3 is 5.97 Å². The molecule has 0 unspecified atom stereocenters. The van der Waals surface area contributed by atoms with E-state index in [1.54, 1.807) is 12.1 Å². The number of carboxylic acids is 1. The van der Waals surface area contributed by atoms with Crippen molar-refractivity contribution in [1.29, 1.82) is 0 Å². The van der Waals surface area contributed by atoms with Crippen molar-refractivity contribution in [2.75, 3.05) is 0 Å². The number of carbonyl (C=O) groups is 2. The summed E-state index contributed by atoms with van der Waals surface area (Å²) in [6.07, 6.45) is 2.14. The number of amides is 1. The first-order valence-corrected chi connectivity index (χ1v) is 7.40. The Hall–Kier alpha value is -1.84. The van der Waals surface area contributed by atoms with Crippen LogP contribution in [0.3, 0.4) is 0 Å². The van der Waals surface area contributed by atoms with Crippen molar-refractivity contribution < 1.29 is 14.7 Å². The zero-order chi connectivity index (χ0) is 16.0. The van der Waals surface area contributed by atoms with Crippen molar-refractivity contribution in [3.63, 3.8) is 0 Å². The molecule has 1 aromatic carbocycles. The molecule has 1 atom stereocenters. The lowest BCUT2D eigenvalue weighted by Crippen LogP contribution is -2.40. The highest BCUT2D eigenvalue weighted by molar-refractivity contribution is 5.96. The van der Waals surface area contributed by atoms with Crippen LogP contribution in [0, 0.1) is 0 Å². The summed E-state index contributed by atoms with van der Waals surface area (Å²) < 4.78 is 0. The average molecular weight is 291 g/mol. The lowest BCUT2D eigenvalue weighted by atomic mass is 9.86. The van der Waals surface area contributed by atoms with Gasteiger partial charge in [-0.2, -0.15) is 0 Å². The summed E-state index contributed by atoms with van der Waals surface area (Å²) in [7, 11) is 0. The third kappa shape index (κ3) is 5.21. The van der Waals surface area contributed by atoms with Gasteiger partial charge in [-0.3, -0.25) is 4.79 Å². The first-order chi connectivity index (χ1) is 9.75. The van der Waals surface area contributed by atoms with Crippen LogP contribution in [0.1, 0.15) is 62.9 Å². The number of rotatable bonds is 6. The predicted molar refractivity (Wildman–Crippen MR) is 83.6 cm³/mol. The van der Waals surface area contributed by atoms with Crippen LogP contribution in [0.2, 0.25) is 0 Å². The molecular weight excluding hydrogens is 266 g/mol. The van der Waals surface area contributed by atoms with Crippen LogP contribution in [0.25, 0.3) is 0 Å². The fraction of sp³-hybridized carbons (Fsp3) is 0.529. The van der Waals surface area contributed by atoms with Gasteiger partial charge in [-0.1, -0.05) is 52.7 Å². The van der Waals surface area contributed by atoms with Crippen LogP contribution in [0.4, 0.5) is 0 Å². The zero-order valence-corrected chi connectivity index (χ0v) is 13.3. The lowest BCUT2D eigenvalue weighted by molar-refractivity contribution is -0.139. The molecule has 1 aromatic rings. The molecule has 0 radical (unpaired) electrons. The Morgan fingerprint density at radius 2 is 1.76 bits per heavy atom. The van der Waals surface area contributed by atoms with Crippen LogP contribution in [-0.2, 0) is 10.2 Å². The van der Waals surface area contributed by atoms with Crippen molar-refractivity contribution in [1.82, 2.24) is 5.32 Å². The van der Waals surface area contributed by atoms with Gasteiger partial charge < -0.3 is 10.4 Å². The summed E-state index contributed by atoms with van der Waals surface area (Å²) in [4.78, 5) is 23.3. The first-order valence-electron chi connectivity index (χ1n) is 7.40. The Bertz CT molecular complexity index is 486. The third-order valence-electron chi connectivity index (χ3n) is 3.46. The molecule has 4 heteroatoms. The molecule has 0 aromatic heterocycles. The molecule has 0 aliphatic rings. The van der Waals surface area contributed by atoms with Crippen LogP contribution in [0.5, 0.6) is 0 Å². The van der Waals surface area contributed by atoms with Gasteiger partial charge in [0.05, 0.1) is 0 Å². The van der Waals surface area contributed by atoms with Crippen molar-refractivity contribution in [2.24, 2.45) is 0 Å². The van der Waals surface area contributed by atoms with E-state index < -0.39 is 12.0 Å². The Morgan fingerprint density at radius 3 is 2.19 bits per heavy atom. The van der Waals surface area contributed by atoms with Crippen LogP contribution in [-0.4, -0.2) is 23.0 Å². The molecule has 1 rings (SSSR count). The van der Waals surface area contributed by atoms with Crippen molar-refractivity contribution in [3.8, 4) is 0 Å². The van der Waals surface area contributed by atoms with E-state index in [4.69, 9.17) is 5.11 Å². The Kier molecular flexibility index (Phi) is 5.94. The molecule has 1 amide bonds. The maximum atomic E-state index is 12.1. The number of aliphatic carboxylic acids is 1. The van der Waals surface area contributed by atoms with Gasteiger partial charge in [-0.05, 0) is 29.5 Å². The van der Waals surface area contributed by atoms with E-state index in [2.05, 4.69) is 26.1 Å². The Morgan fingerprint density at radius 1 is 1.19 bits per heavy atom. The molecule has 0 aliphatic carbocycles. The molecule has 4 nitrogen and oxygen atoms in total. The highest BCUT2D eigenvalue weighted by Crippen LogP contribution is 2.22. The number of nitrogens with one attached hydrogen (secondary N) is 1. The number of unbranched alkanes of at least 4 members (excludes halogenated alkanes) is 1. The molecule has 2 N–H and O–H groups in total. The molecule has 0 saturated heterocycles. The molecule has 0 spiro atoms. The van der Waals surface area contributed by atoms with E-state index in [-0.39, 0.29) is 11.3 Å². The smallest absolute Gasteiger partial charge is 0.326 e. The van der Waals surface area contributed by atoms with Gasteiger partial charge in [0.2, 0.25) is 0 Å². The predicted octanol–water partition coefficient (Wildman–Crippen LogP) is 3.36. The molecule has 0 bridgehead atoms. The van der Waals surface area contributed by atoms with Gasteiger partial charge in [0.15, 0.2) is 0 Å². The van der Waals surface area contributed by atoms with Gasteiger partial charge in [0.1, 0.15) is 6.04 Å². The van der Waals surface area contributed by atoms with Gasteiger partial charge in [0.25, 0.3) is 5.91 Å². The summed E-state index contributed by atoms with van der Waals surface area (Å²) in [5.74, 6) is -1.32. The van der Waals surface area contributed by atoms with E-state index in [0.717, 1.165) is 18.4 Å². The van der Waals surface area contributed by atoms with E-state index in [9.17, 15) is 9.59 Å². The maximum absolute atomic E-state index is 12.1. The molecule has 0 heterocycles. The minimum Gasteiger partial charge on any atom is -0.480 e. The number of carboxylic acid groups (broad SMARTS) is 1. The average Bonchev–Trinajstić information content (AvgIpc) is 2.42. The monoisotopic (exact) mass is 291 g/mol. The Labute approximate surface area is 126 Å². The van der Waals surface area contributed by atoms with Crippen molar-refractivity contribution in [3.05, 3.63) is 35.4 Å². The SMILES string of the molecule is CCCC[C@H](NC(=O)c1ccc(C(C)(C)C)cc1)C(=O)O. The highest BCUT2D eigenvalue weighted by Gasteiger charge is 2.20. The summed E-state index contributed by atoms with van der Waals surface area (Å²) in [5.41, 5.74) is 1.66. The van der Waals surface area contributed by atoms with Crippen LogP contribution < -0.4 is 5.32 Å². The largest absolute Gasteiger partial charge is 0.480 e. The van der Waals surface area contributed by atoms with Gasteiger partial charge in [0, 0.05) is 5.56 Å². The van der Waals surface area contributed by atoms with E-state index >= 15 is 0 Å². The van der Waals surface area contributed by atoms with Crippen LogP contribution >= 0.6 is 0 Å². The quantitative estimate of drug-likeness (QED) is 0.844. The fourth-order valence-corrected chi connectivity index (χ4v) is 2.03. The van der Waals surface area contributed by atoms with E-state index in [1.807, 2.05) is 19.1 Å². The van der Waals surface area contributed by atoms with E-state index in [0.29, 0.717) is 12.0 Å². The molecule has 0 aliphatic heterocycles. The molecule has 21 heavy (non-hydrogen) atoms. The third-order valence-corrected chi connectivity index (χ3v) is 3.46. The van der Waals surface area contributed by atoms with Gasteiger partial charge in [-0.15, -0.1) is 0 Å². The zero-order valence-electron chi connectivity index (χ0n) is 13.3. The standard InChI is InChI=1S/C17H25NO3/c1-5-6-7-14(16(20)21)18-15(19)12-8-10-13(11-9-12)17(2,3)4/h8-11,14H,5-7H2,1-4H3,(H,18,19)(H,20,21)/t14-/m0/s1. The Balaban J connectivity index is 2.76. The number of carbonyl (C=O) groups excluding carboxylic acids is 1. The first kappa shape index (κ1) is 17.2. The second kappa shape index (κ2) is 7.25. The maximum Gasteiger partial charge on any atom is 0.326 e. The van der Waals surface area contributed by atoms with E-state index in [1.165, 1.54) is 0 Å². The second-order valence-electron chi connectivity index (χ2n) is 6.33. The summed E-state index contributed by atoms with van der Waals surface area (Å²) in [6.45, 7) is 8.31. The fourth-order valence-electron chi connectivity index (χ4n) is 2.03. The molecule has 116 valence electrons. The number of hydrogen-bond donors (Lipinski definition) is 2. The minimum atomic E-state index is -0.983. The number of benzene rings is 1. The van der Waals surface area contributed by atoms with Crippen molar-refractivity contribution in [2.45, 2.75) is 58.4 Å². The van der Waals surface area contributed by atoms with Crippen LogP contribution in [0.15, 0.2) is 24.3 Å². The van der Waals surface area contributed by atoms with Crippen molar-refractivity contribution >= 4 is 11.9 Å². The highest BCUT2D eigenvalue weighted by atomic mass is 16.4. The number of hydrogen-bond acceptors (Lipinski definition) is 2. The summed E-state index contributed by atoms with van der Waals surface area (Å²) in [6, 6.07) is 6.50. The summed E-state index contributed by atoms with van der Waals surface area (Å²) in [5, 5.41) is 11.7. The molecule has 0 saturated carbocycles. The van der Waals surface area contributed by atoms with Gasteiger partial charge in [-0.25, -0.2) is 4.79 Å². The lowest BCUT2D eigenvalue weighted by Gasteiger charge is -2.19. The normalized spacial score (nSPS) is 12.8.